The number of rotatable bonds is 5. The molecule has 0 aromatic rings. The second-order valence-electron chi connectivity index (χ2n) is 2.47. The average Bonchev–Trinajstić information content (AvgIpc) is 1.89. The highest BCUT2D eigenvalue weighted by atomic mass is 127. The van der Waals surface area contributed by atoms with Gasteiger partial charge in [-0.05, 0) is 23.2 Å². The average molecular weight is 242 g/mol. The van der Waals surface area contributed by atoms with Crippen LogP contribution in [0.3, 0.4) is 0 Å². The van der Waals surface area contributed by atoms with E-state index in [4.69, 9.17) is 5.11 Å². The minimum absolute atomic E-state index is 0.348. The van der Waals surface area contributed by atoms with Crippen molar-refractivity contribution in [3.8, 4) is 0 Å². The van der Waals surface area contributed by atoms with Gasteiger partial charge in [-0.1, -0.05) is 35.9 Å². The molecule has 9 heavy (non-hydrogen) atoms. The molecule has 0 amide bonds. The topological polar surface area (TPSA) is 20.2 Å². The molecule has 0 fully saturated rings. The van der Waals surface area contributed by atoms with E-state index in [1.807, 2.05) is 0 Å². The van der Waals surface area contributed by atoms with Crippen LogP contribution in [0.1, 0.15) is 26.2 Å². The number of aliphatic hydroxyl groups excluding tert-OH is 1. The van der Waals surface area contributed by atoms with Gasteiger partial charge in [0.2, 0.25) is 0 Å². The molecule has 0 radical (unpaired) electrons. The Bertz CT molecular complexity index is 56.9. The number of hydrogen-bond acceptors (Lipinski definition) is 1. The van der Waals surface area contributed by atoms with Crippen LogP contribution in [-0.2, 0) is 0 Å². The first-order valence-electron chi connectivity index (χ1n) is 3.48. The van der Waals surface area contributed by atoms with E-state index in [2.05, 4.69) is 29.5 Å². The summed E-state index contributed by atoms with van der Waals surface area (Å²) in [6, 6.07) is 0. The molecule has 0 aliphatic carbocycles. The largest absolute Gasteiger partial charge is 0.396 e. The summed E-state index contributed by atoms with van der Waals surface area (Å²) in [5.74, 6) is 0.507. The normalized spacial score (nSPS) is 13.7. The van der Waals surface area contributed by atoms with Gasteiger partial charge in [0.1, 0.15) is 0 Å². The van der Waals surface area contributed by atoms with Crippen LogP contribution < -0.4 is 0 Å². The first kappa shape index (κ1) is 9.69. The Balaban J connectivity index is 2.88. The van der Waals surface area contributed by atoms with Crippen LogP contribution in [0.5, 0.6) is 0 Å². The lowest BCUT2D eigenvalue weighted by Gasteiger charge is -2.04. The van der Waals surface area contributed by atoms with Gasteiger partial charge in [-0.3, -0.25) is 0 Å². The van der Waals surface area contributed by atoms with E-state index in [0.717, 1.165) is 0 Å². The summed E-state index contributed by atoms with van der Waals surface area (Å²) in [5, 5.41) is 8.63. The minimum Gasteiger partial charge on any atom is -0.396 e. The maximum atomic E-state index is 8.63. The zero-order valence-electron chi connectivity index (χ0n) is 5.94. The van der Waals surface area contributed by atoms with Crippen molar-refractivity contribution in [2.24, 2.45) is 5.92 Å². The lowest BCUT2D eigenvalue weighted by atomic mass is 10.1. The molecule has 0 aliphatic rings. The maximum Gasteiger partial charge on any atom is 0.0456 e. The number of halogens is 1. The minimum atomic E-state index is 0.348. The Morgan fingerprint density at radius 1 is 1.44 bits per heavy atom. The molecule has 0 saturated heterocycles. The van der Waals surface area contributed by atoms with Crippen molar-refractivity contribution in [2.75, 3.05) is 11.0 Å². The van der Waals surface area contributed by atoms with E-state index in [9.17, 15) is 0 Å². The monoisotopic (exact) mass is 242 g/mol. The van der Waals surface area contributed by atoms with Gasteiger partial charge in [0.25, 0.3) is 0 Å². The van der Waals surface area contributed by atoms with Crippen molar-refractivity contribution in [3.05, 3.63) is 0 Å². The molecular weight excluding hydrogens is 227 g/mol. The summed E-state index contributed by atoms with van der Waals surface area (Å²) in [4.78, 5) is 0. The number of aliphatic hydroxyl groups is 1. The molecule has 56 valence electrons. The highest BCUT2D eigenvalue weighted by molar-refractivity contribution is 14.1. The lowest BCUT2D eigenvalue weighted by Crippen LogP contribution is -1.99. The Morgan fingerprint density at radius 2 is 2.11 bits per heavy atom. The summed E-state index contributed by atoms with van der Waals surface area (Å²) in [7, 11) is 0. The number of hydrogen-bond donors (Lipinski definition) is 1. The molecule has 0 aromatic carbocycles. The van der Waals surface area contributed by atoms with Gasteiger partial charge in [0.05, 0.1) is 0 Å². The number of alkyl halides is 1. The van der Waals surface area contributed by atoms with Gasteiger partial charge in [-0.2, -0.15) is 0 Å². The van der Waals surface area contributed by atoms with E-state index < -0.39 is 0 Å². The molecule has 0 aliphatic heterocycles. The standard InChI is InChI=1S/C7H15IO/c1-7(6-9)4-2-3-5-8/h7,9H,2-6H2,1H3. The lowest BCUT2D eigenvalue weighted by molar-refractivity contribution is 0.228. The smallest absolute Gasteiger partial charge is 0.0456 e. The summed E-state index contributed by atoms with van der Waals surface area (Å²) in [6.07, 6.45) is 3.75. The third-order valence-electron chi connectivity index (χ3n) is 1.39. The molecule has 1 N–H and O–H groups in total. The molecule has 2 heteroatoms. The molecule has 0 spiro atoms. The summed E-state index contributed by atoms with van der Waals surface area (Å²) >= 11 is 2.38. The first-order chi connectivity index (χ1) is 4.31. The van der Waals surface area contributed by atoms with Crippen LogP contribution in [-0.4, -0.2) is 16.1 Å². The molecule has 0 saturated carbocycles. The maximum absolute atomic E-state index is 8.63. The van der Waals surface area contributed by atoms with Crippen molar-refractivity contribution >= 4 is 22.6 Å². The molecular formula is C7H15IO. The summed E-state index contributed by atoms with van der Waals surface area (Å²) in [5.41, 5.74) is 0. The van der Waals surface area contributed by atoms with Crippen molar-refractivity contribution in [1.82, 2.24) is 0 Å². The van der Waals surface area contributed by atoms with Gasteiger partial charge in [0.15, 0.2) is 0 Å². The van der Waals surface area contributed by atoms with Crippen LogP contribution in [0.25, 0.3) is 0 Å². The quantitative estimate of drug-likeness (QED) is 0.445. The molecule has 1 nitrogen and oxygen atoms in total. The van der Waals surface area contributed by atoms with Crippen LogP contribution in [0.4, 0.5) is 0 Å². The van der Waals surface area contributed by atoms with E-state index >= 15 is 0 Å². The predicted molar refractivity (Wildman–Crippen MR) is 49.0 cm³/mol. The van der Waals surface area contributed by atoms with Crippen molar-refractivity contribution in [1.29, 1.82) is 0 Å². The number of unbranched alkanes of at least 4 members (excludes halogenated alkanes) is 1. The molecule has 1 atom stereocenters. The predicted octanol–water partition coefficient (Wildman–Crippen LogP) is 2.22. The zero-order chi connectivity index (χ0) is 7.11. The van der Waals surface area contributed by atoms with E-state index in [1.54, 1.807) is 0 Å². The van der Waals surface area contributed by atoms with Crippen molar-refractivity contribution in [3.63, 3.8) is 0 Å². The Kier molecular flexibility index (Phi) is 7.33. The Hall–Kier alpha value is 0.690. The third-order valence-corrected chi connectivity index (χ3v) is 2.16. The third kappa shape index (κ3) is 6.58. The SMILES string of the molecule is CC(CO)CCCCI. The van der Waals surface area contributed by atoms with Crippen LogP contribution >= 0.6 is 22.6 Å². The molecule has 1 unspecified atom stereocenters. The first-order valence-corrected chi connectivity index (χ1v) is 5.00. The highest BCUT2D eigenvalue weighted by Gasteiger charge is 1.97. The molecule has 0 heterocycles. The molecule has 0 rings (SSSR count). The second kappa shape index (κ2) is 6.81. The summed E-state index contributed by atoms with van der Waals surface area (Å²) < 4.78 is 1.25. The Morgan fingerprint density at radius 3 is 2.56 bits per heavy atom. The van der Waals surface area contributed by atoms with E-state index in [0.29, 0.717) is 12.5 Å². The molecule has 0 bridgehead atoms. The fourth-order valence-electron chi connectivity index (χ4n) is 0.679. The summed E-state index contributed by atoms with van der Waals surface area (Å²) in [6.45, 7) is 2.44. The van der Waals surface area contributed by atoms with Gasteiger partial charge >= 0.3 is 0 Å². The van der Waals surface area contributed by atoms with Gasteiger partial charge in [-0.15, -0.1) is 0 Å². The van der Waals surface area contributed by atoms with E-state index in [1.165, 1.54) is 23.7 Å². The highest BCUT2D eigenvalue weighted by Crippen LogP contribution is 2.07. The van der Waals surface area contributed by atoms with Crippen molar-refractivity contribution in [2.45, 2.75) is 26.2 Å². The fraction of sp³-hybridized carbons (Fsp3) is 1.00. The fourth-order valence-corrected chi connectivity index (χ4v) is 1.22. The van der Waals surface area contributed by atoms with Crippen molar-refractivity contribution < 1.29 is 5.11 Å². The van der Waals surface area contributed by atoms with Gasteiger partial charge in [-0.25, -0.2) is 0 Å². The second-order valence-corrected chi connectivity index (χ2v) is 3.55. The van der Waals surface area contributed by atoms with Gasteiger partial charge in [0, 0.05) is 6.61 Å². The van der Waals surface area contributed by atoms with Crippen LogP contribution in [0, 0.1) is 5.92 Å². The van der Waals surface area contributed by atoms with E-state index in [-0.39, 0.29) is 0 Å². The van der Waals surface area contributed by atoms with Crippen LogP contribution in [0.15, 0.2) is 0 Å². The molecule has 0 aromatic heterocycles. The zero-order valence-corrected chi connectivity index (χ0v) is 8.10. The Labute approximate surface area is 71.0 Å². The van der Waals surface area contributed by atoms with Crippen LogP contribution in [0.2, 0.25) is 0 Å². The van der Waals surface area contributed by atoms with Gasteiger partial charge < -0.3 is 5.11 Å².